The van der Waals surface area contributed by atoms with Crippen LogP contribution in [0.3, 0.4) is 0 Å². The average molecular weight is 487 g/mol. The molecule has 0 spiro atoms. The highest BCUT2D eigenvalue weighted by Crippen LogP contribution is 2.48. The number of nitrogens with two attached hydrogens (primary N) is 1. The molecular weight excluding hydrogens is 457 g/mol. The van der Waals surface area contributed by atoms with Crippen LogP contribution in [0.15, 0.2) is 36.9 Å². The fourth-order valence-corrected chi connectivity index (χ4v) is 5.57. The zero-order valence-corrected chi connectivity index (χ0v) is 20.8. The molecule has 6 atom stereocenters. The molecule has 2 N–H and O–H groups in total. The minimum Gasteiger partial charge on any atom is -0.411 e. The molecule has 5 rings (SSSR count). The Balaban J connectivity index is 1.54. The number of anilines is 1. The first-order chi connectivity index (χ1) is 16.1. The maximum atomic E-state index is 13.5. The van der Waals surface area contributed by atoms with E-state index in [-0.39, 0.29) is 17.3 Å². The zero-order valence-electron chi connectivity index (χ0n) is 19.8. The number of halogens is 1. The number of ether oxygens (including phenoxy) is 3. The number of hydrogen-bond donors (Lipinski definition) is 1. The number of hydrogen-bond acceptors (Lipinski definition) is 8. The number of rotatable bonds is 5. The Hall–Kier alpha value is -2.44. The molecule has 2 fully saturated rings. The van der Waals surface area contributed by atoms with Crippen LogP contribution in [0.25, 0.3) is 11.2 Å². The number of aromatic nitrogens is 4. The van der Waals surface area contributed by atoms with E-state index >= 15 is 0 Å². The Morgan fingerprint density at radius 1 is 1.06 bits per heavy atom. The van der Waals surface area contributed by atoms with Crippen molar-refractivity contribution < 1.29 is 23.0 Å². The first-order valence-electron chi connectivity index (χ1n) is 11.2. The lowest BCUT2D eigenvalue weighted by Gasteiger charge is -2.38. The summed E-state index contributed by atoms with van der Waals surface area (Å²) < 4.78 is 41.2. The summed E-state index contributed by atoms with van der Waals surface area (Å²) in [5, 5.41) is 0. The number of nitrogen functional groups attached to an aromatic ring is 1. The monoisotopic (exact) mass is 486 g/mol. The molecule has 2 aromatic heterocycles. The molecule has 0 amide bonds. The van der Waals surface area contributed by atoms with Crippen molar-refractivity contribution in [2.24, 2.45) is 5.41 Å². The van der Waals surface area contributed by atoms with Crippen molar-refractivity contribution in [1.29, 1.82) is 0 Å². The highest BCUT2D eigenvalue weighted by molar-refractivity contribution is 6.48. The Bertz CT molecular complexity index is 1170. The second-order valence-corrected chi connectivity index (χ2v) is 12.0. The minimum absolute atomic E-state index is 0.215. The largest absolute Gasteiger partial charge is 0.411 e. The summed E-state index contributed by atoms with van der Waals surface area (Å²) in [6, 6.07) is 6.13. The summed E-state index contributed by atoms with van der Waals surface area (Å²) in [6.07, 6.45) is 0.280. The zero-order chi connectivity index (χ0) is 24.2. The molecule has 2 saturated heterocycles. The Labute approximate surface area is 199 Å². The maximum Gasteiger partial charge on any atom is 0.205 e. The molecule has 2 aliphatic rings. The molecule has 0 aliphatic carbocycles. The summed E-state index contributed by atoms with van der Waals surface area (Å²) >= 11 is 0. The van der Waals surface area contributed by atoms with Crippen LogP contribution >= 0.6 is 0 Å². The summed E-state index contributed by atoms with van der Waals surface area (Å²) in [6.45, 7) is 10.6. The predicted octanol–water partition coefficient (Wildman–Crippen LogP) is 3.61. The molecule has 9 nitrogen and oxygen atoms in total. The van der Waals surface area contributed by atoms with E-state index in [1.165, 1.54) is 18.5 Å². The van der Waals surface area contributed by atoms with Crippen LogP contribution in [0.2, 0.25) is 13.1 Å². The van der Waals surface area contributed by atoms with Gasteiger partial charge in [0.25, 0.3) is 0 Å². The van der Waals surface area contributed by atoms with Crippen LogP contribution in [0.1, 0.15) is 38.9 Å². The van der Waals surface area contributed by atoms with Gasteiger partial charge >= 0.3 is 0 Å². The predicted molar refractivity (Wildman–Crippen MR) is 124 cm³/mol. The molecule has 0 bridgehead atoms. The third-order valence-electron chi connectivity index (χ3n) is 6.10. The van der Waals surface area contributed by atoms with Crippen LogP contribution in [-0.4, -0.2) is 53.0 Å². The average Bonchev–Trinajstić information content (AvgIpc) is 3.46. The van der Waals surface area contributed by atoms with E-state index in [9.17, 15) is 4.39 Å². The molecule has 3 aromatic rings. The summed E-state index contributed by atoms with van der Waals surface area (Å²) in [4.78, 5) is 12.8. The van der Waals surface area contributed by atoms with Gasteiger partial charge in [0.2, 0.25) is 9.04 Å². The molecule has 181 valence electrons. The third kappa shape index (κ3) is 4.11. The first-order valence-corrected chi connectivity index (χ1v) is 13.7. The lowest BCUT2D eigenvalue weighted by atomic mass is 9.84. The van der Waals surface area contributed by atoms with E-state index in [0.29, 0.717) is 17.0 Å². The minimum atomic E-state index is -1.03. The van der Waals surface area contributed by atoms with Gasteiger partial charge in [-0.05, 0) is 30.6 Å². The van der Waals surface area contributed by atoms with Gasteiger partial charge in [-0.2, -0.15) is 0 Å². The van der Waals surface area contributed by atoms with Crippen molar-refractivity contribution in [2.75, 3.05) is 5.73 Å². The van der Waals surface area contributed by atoms with Crippen LogP contribution in [0, 0.1) is 11.2 Å². The molecule has 1 radical (unpaired) electrons. The molecule has 4 heterocycles. The van der Waals surface area contributed by atoms with Crippen molar-refractivity contribution in [2.45, 2.75) is 70.8 Å². The standard InChI is InChI=1S/C23H29FN5O4Si/c1-23(2,3)18(33-34(4)5)16-15-17(32-22(31-15)12-6-8-13(24)9-7-12)21(30-16)29-11-28-14-19(25)26-10-27-20(14)29/h6-11,15-18,21-22H,1-5H3,(H2,25,26,27). The van der Waals surface area contributed by atoms with Crippen molar-refractivity contribution in [3.8, 4) is 0 Å². The van der Waals surface area contributed by atoms with E-state index in [2.05, 4.69) is 48.8 Å². The van der Waals surface area contributed by atoms with Crippen molar-refractivity contribution in [3.05, 3.63) is 48.3 Å². The fraction of sp³-hybridized carbons (Fsp3) is 0.522. The Kier molecular flexibility index (Phi) is 5.93. The number of imidazole rings is 1. The molecule has 6 unspecified atom stereocenters. The van der Waals surface area contributed by atoms with Gasteiger partial charge in [0.15, 0.2) is 24.0 Å². The van der Waals surface area contributed by atoms with Crippen LogP contribution in [-0.2, 0) is 18.6 Å². The molecular formula is C23H29FN5O4Si. The number of nitrogens with zero attached hydrogens (tertiary/aromatic N) is 4. The van der Waals surface area contributed by atoms with Gasteiger partial charge in [0.1, 0.15) is 36.0 Å². The SMILES string of the molecule is C[Si](C)OC(C1OC(n2cnc3c(N)ncnc32)C2OC(c3ccc(F)cc3)OC21)C(C)(C)C. The Morgan fingerprint density at radius 3 is 2.44 bits per heavy atom. The van der Waals surface area contributed by atoms with E-state index in [0.717, 1.165) is 5.56 Å². The molecule has 11 heteroatoms. The van der Waals surface area contributed by atoms with E-state index in [4.69, 9.17) is 24.4 Å². The first kappa shape index (κ1) is 23.3. The lowest BCUT2D eigenvalue weighted by Crippen LogP contribution is -2.48. The summed E-state index contributed by atoms with van der Waals surface area (Å²) in [7, 11) is -1.03. The van der Waals surface area contributed by atoms with Crippen molar-refractivity contribution in [3.63, 3.8) is 0 Å². The second-order valence-electron chi connectivity index (χ2n) is 9.97. The van der Waals surface area contributed by atoms with E-state index in [1.807, 2.05) is 4.57 Å². The summed E-state index contributed by atoms with van der Waals surface area (Å²) in [5.41, 5.74) is 7.57. The topological polar surface area (TPSA) is 107 Å². The number of fused-ring (bicyclic) bond motifs is 2. The third-order valence-corrected chi connectivity index (χ3v) is 6.83. The fourth-order valence-electron chi connectivity index (χ4n) is 4.57. The second kappa shape index (κ2) is 8.65. The van der Waals surface area contributed by atoms with Gasteiger partial charge < -0.3 is 24.4 Å². The van der Waals surface area contributed by atoms with Gasteiger partial charge in [-0.1, -0.05) is 32.9 Å². The van der Waals surface area contributed by atoms with E-state index in [1.54, 1.807) is 18.5 Å². The van der Waals surface area contributed by atoms with Crippen molar-refractivity contribution in [1.82, 2.24) is 19.5 Å². The van der Waals surface area contributed by atoms with Crippen LogP contribution in [0.5, 0.6) is 0 Å². The van der Waals surface area contributed by atoms with Gasteiger partial charge in [0.05, 0.1) is 12.4 Å². The molecule has 2 aliphatic heterocycles. The smallest absolute Gasteiger partial charge is 0.205 e. The van der Waals surface area contributed by atoms with Gasteiger partial charge in [-0.25, -0.2) is 19.3 Å². The maximum absolute atomic E-state index is 13.5. The highest BCUT2D eigenvalue weighted by atomic mass is 28.3. The quantitative estimate of drug-likeness (QED) is 0.545. The van der Waals surface area contributed by atoms with Crippen LogP contribution < -0.4 is 5.73 Å². The van der Waals surface area contributed by atoms with E-state index < -0.39 is 39.9 Å². The lowest BCUT2D eigenvalue weighted by molar-refractivity contribution is -0.173. The van der Waals surface area contributed by atoms with Crippen molar-refractivity contribution >= 4 is 26.0 Å². The van der Waals surface area contributed by atoms with Gasteiger partial charge in [0, 0.05) is 5.56 Å². The number of benzene rings is 1. The molecule has 34 heavy (non-hydrogen) atoms. The molecule has 1 aromatic carbocycles. The normalized spacial score (nSPS) is 28.0. The van der Waals surface area contributed by atoms with Crippen LogP contribution in [0.4, 0.5) is 10.2 Å². The molecule has 0 saturated carbocycles. The van der Waals surface area contributed by atoms with Gasteiger partial charge in [-0.3, -0.25) is 4.57 Å². The van der Waals surface area contributed by atoms with Gasteiger partial charge in [-0.15, -0.1) is 0 Å². The summed E-state index contributed by atoms with van der Waals surface area (Å²) in [5.74, 6) is -0.0207. The highest BCUT2D eigenvalue weighted by Gasteiger charge is 2.58. The Morgan fingerprint density at radius 2 is 1.76 bits per heavy atom.